The number of hydrogen-bond acceptors (Lipinski definition) is 4. The number of carbonyl (C=O) groups is 1. The van der Waals surface area contributed by atoms with E-state index in [1.54, 1.807) is 6.20 Å². The minimum Gasteiger partial charge on any atom is -0.396 e. The first-order valence-corrected chi connectivity index (χ1v) is 5.69. The van der Waals surface area contributed by atoms with Gasteiger partial charge >= 0.3 is 0 Å². The van der Waals surface area contributed by atoms with E-state index in [0.717, 1.165) is 10.9 Å². The molecule has 94 valence electrons. The average molecular weight is 253 g/mol. The van der Waals surface area contributed by atoms with E-state index in [9.17, 15) is 4.79 Å². The SMILES string of the molecule is Nc1cn[nH]c1C(=O)Nc1cnc2ccccc2c1. The van der Waals surface area contributed by atoms with Gasteiger partial charge in [0, 0.05) is 5.39 Å². The average Bonchev–Trinajstić information content (AvgIpc) is 2.85. The predicted molar refractivity (Wildman–Crippen MR) is 72.7 cm³/mol. The summed E-state index contributed by atoms with van der Waals surface area (Å²) in [4.78, 5) is 16.2. The van der Waals surface area contributed by atoms with Crippen LogP contribution in [0.4, 0.5) is 11.4 Å². The molecular weight excluding hydrogens is 242 g/mol. The van der Waals surface area contributed by atoms with Gasteiger partial charge in [0.1, 0.15) is 5.69 Å². The number of aromatic nitrogens is 3. The van der Waals surface area contributed by atoms with Crippen LogP contribution < -0.4 is 11.1 Å². The Labute approximate surface area is 108 Å². The summed E-state index contributed by atoms with van der Waals surface area (Å²) in [5.41, 5.74) is 7.66. The molecule has 2 aromatic heterocycles. The van der Waals surface area contributed by atoms with Crippen LogP contribution in [0.2, 0.25) is 0 Å². The molecule has 0 fully saturated rings. The summed E-state index contributed by atoms with van der Waals surface area (Å²) >= 11 is 0. The first-order chi connectivity index (χ1) is 9.24. The first-order valence-electron chi connectivity index (χ1n) is 5.69. The molecule has 0 spiro atoms. The molecule has 1 amide bonds. The van der Waals surface area contributed by atoms with Crippen LogP contribution in [0.3, 0.4) is 0 Å². The first kappa shape index (κ1) is 11.2. The van der Waals surface area contributed by atoms with Gasteiger partial charge in [0.25, 0.3) is 5.91 Å². The number of benzene rings is 1. The maximum Gasteiger partial charge on any atom is 0.275 e. The summed E-state index contributed by atoms with van der Waals surface area (Å²) in [7, 11) is 0. The number of aromatic amines is 1. The number of nitrogens with zero attached hydrogens (tertiary/aromatic N) is 2. The zero-order valence-electron chi connectivity index (χ0n) is 9.92. The molecule has 0 atom stereocenters. The van der Waals surface area contributed by atoms with E-state index in [4.69, 9.17) is 5.73 Å². The molecule has 0 bridgehead atoms. The molecule has 0 radical (unpaired) electrons. The number of hydrogen-bond donors (Lipinski definition) is 3. The third-order valence-corrected chi connectivity index (χ3v) is 2.74. The highest BCUT2D eigenvalue weighted by atomic mass is 16.2. The number of fused-ring (bicyclic) bond motifs is 1. The van der Waals surface area contributed by atoms with Crippen LogP contribution in [-0.2, 0) is 0 Å². The topological polar surface area (TPSA) is 96.7 Å². The zero-order chi connectivity index (χ0) is 13.2. The molecular formula is C13H11N5O. The Hall–Kier alpha value is -2.89. The summed E-state index contributed by atoms with van der Waals surface area (Å²) in [6.45, 7) is 0. The van der Waals surface area contributed by atoms with Gasteiger partial charge in [0.05, 0.1) is 29.3 Å². The predicted octanol–water partition coefficient (Wildman–Crippen LogP) is 1.79. The zero-order valence-corrected chi connectivity index (χ0v) is 9.92. The number of H-pyrrole nitrogens is 1. The Balaban J connectivity index is 1.89. The second-order valence-electron chi connectivity index (χ2n) is 4.07. The summed E-state index contributed by atoms with van der Waals surface area (Å²) in [5, 5.41) is 9.94. The Morgan fingerprint density at radius 2 is 2.11 bits per heavy atom. The molecule has 19 heavy (non-hydrogen) atoms. The fraction of sp³-hybridized carbons (Fsp3) is 0. The van der Waals surface area contributed by atoms with Crippen molar-refractivity contribution < 1.29 is 4.79 Å². The van der Waals surface area contributed by atoms with Crippen LogP contribution in [0.1, 0.15) is 10.5 Å². The molecule has 2 heterocycles. The molecule has 4 N–H and O–H groups in total. The molecule has 0 unspecified atom stereocenters. The van der Waals surface area contributed by atoms with Crippen LogP contribution in [0.15, 0.2) is 42.7 Å². The van der Waals surface area contributed by atoms with E-state index in [1.807, 2.05) is 30.3 Å². The number of nitrogens with one attached hydrogen (secondary N) is 2. The van der Waals surface area contributed by atoms with Gasteiger partial charge in [-0.3, -0.25) is 14.9 Å². The Morgan fingerprint density at radius 3 is 2.89 bits per heavy atom. The Bertz CT molecular complexity index is 749. The van der Waals surface area contributed by atoms with Crippen LogP contribution in [0.5, 0.6) is 0 Å². The lowest BCUT2D eigenvalue weighted by Crippen LogP contribution is -2.14. The van der Waals surface area contributed by atoms with Crippen molar-refractivity contribution in [2.45, 2.75) is 0 Å². The number of para-hydroxylation sites is 1. The maximum atomic E-state index is 11.9. The van der Waals surface area contributed by atoms with Crippen molar-refractivity contribution in [3.05, 3.63) is 48.4 Å². The molecule has 6 nitrogen and oxygen atoms in total. The Morgan fingerprint density at radius 1 is 1.26 bits per heavy atom. The maximum absolute atomic E-state index is 11.9. The van der Waals surface area contributed by atoms with E-state index in [-0.39, 0.29) is 11.6 Å². The minimum atomic E-state index is -0.341. The van der Waals surface area contributed by atoms with Crippen molar-refractivity contribution in [3.8, 4) is 0 Å². The van der Waals surface area contributed by atoms with E-state index >= 15 is 0 Å². The van der Waals surface area contributed by atoms with Gasteiger partial charge < -0.3 is 11.1 Å². The van der Waals surface area contributed by atoms with E-state index in [0.29, 0.717) is 11.4 Å². The lowest BCUT2D eigenvalue weighted by Gasteiger charge is -2.05. The Kier molecular flexibility index (Phi) is 2.60. The standard InChI is InChI=1S/C13H11N5O/c14-10-7-16-18-12(10)13(19)17-9-5-8-3-1-2-4-11(8)15-6-9/h1-7H,14H2,(H,16,18)(H,17,19). The third kappa shape index (κ3) is 2.11. The highest BCUT2D eigenvalue weighted by molar-refractivity contribution is 6.06. The van der Waals surface area contributed by atoms with Gasteiger partial charge in [0.15, 0.2) is 0 Å². The van der Waals surface area contributed by atoms with Gasteiger partial charge in [0.2, 0.25) is 0 Å². The van der Waals surface area contributed by atoms with Crippen molar-refractivity contribution in [2.24, 2.45) is 0 Å². The van der Waals surface area contributed by atoms with Gasteiger partial charge in [-0.1, -0.05) is 18.2 Å². The number of carbonyl (C=O) groups excluding carboxylic acids is 1. The highest BCUT2D eigenvalue weighted by Gasteiger charge is 2.12. The number of pyridine rings is 1. The van der Waals surface area contributed by atoms with Crippen molar-refractivity contribution in [1.29, 1.82) is 0 Å². The summed E-state index contributed by atoms with van der Waals surface area (Å²) in [5.74, 6) is -0.341. The van der Waals surface area contributed by atoms with Gasteiger partial charge in [-0.2, -0.15) is 5.10 Å². The van der Waals surface area contributed by atoms with E-state index < -0.39 is 0 Å². The van der Waals surface area contributed by atoms with Gasteiger partial charge in [-0.25, -0.2) is 0 Å². The van der Waals surface area contributed by atoms with Crippen molar-refractivity contribution in [1.82, 2.24) is 15.2 Å². The third-order valence-electron chi connectivity index (χ3n) is 2.74. The smallest absolute Gasteiger partial charge is 0.275 e. The van der Waals surface area contributed by atoms with Crippen LogP contribution >= 0.6 is 0 Å². The molecule has 3 rings (SSSR count). The molecule has 3 aromatic rings. The number of amides is 1. The fourth-order valence-corrected chi connectivity index (χ4v) is 1.81. The quantitative estimate of drug-likeness (QED) is 0.648. The molecule has 6 heteroatoms. The van der Waals surface area contributed by atoms with Crippen LogP contribution in [-0.4, -0.2) is 21.1 Å². The molecule has 0 aliphatic carbocycles. The summed E-state index contributed by atoms with van der Waals surface area (Å²) in [6.07, 6.45) is 3.00. The molecule has 0 saturated heterocycles. The monoisotopic (exact) mass is 253 g/mol. The number of nitrogens with two attached hydrogens (primary N) is 1. The lowest BCUT2D eigenvalue weighted by molar-refractivity contribution is 0.102. The number of rotatable bonds is 2. The fourth-order valence-electron chi connectivity index (χ4n) is 1.81. The van der Waals surface area contributed by atoms with Crippen LogP contribution in [0, 0.1) is 0 Å². The van der Waals surface area contributed by atoms with Crippen LogP contribution in [0.25, 0.3) is 10.9 Å². The number of anilines is 2. The van der Waals surface area contributed by atoms with Crippen molar-refractivity contribution in [3.63, 3.8) is 0 Å². The number of nitrogen functional groups attached to an aromatic ring is 1. The minimum absolute atomic E-state index is 0.244. The van der Waals surface area contributed by atoms with Crippen molar-refractivity contribution >= 4 is 28.2 Å². The second kappa shape index (κ2) is 4.41. The van der Waals surface area contributed by atoms with E-state index in [2.05, 4.69) is 20.5 Å². The largest absolute Gasteiger partial charge is 0.396 e. The van der Waals surface area contributed by atoms with E-state index in [1.165, 1.54) is 6.20 Å². The summed E-state index contributed by atoms with van der Waals surface area (Å²) < 4.78 is 0. The van der Waals surface area contributed by atoms with Gasteiger partial charge in [-0.15, -0.1) is 0 Å². The molecule has 0 aliphatic rings. The molecule has 0 saturated carbocycles. The lowest BCUT2D eigenvalue weighted by atomic mass is 10.2. The molecule has 1 aromatic carbocycles. The summed E-state index contributed by atoms with van der Waals surface area (Å²) in [6, 6.07) is 9.53. The van der Waals surface area contributed by atoms with Crippen molar-refractivity contribution in [2.75, 3.05) is 11.1 Å². The highest BCUT2D eigenvalue weighted by Crippen LogP contribution is 2.17. The normalized spacial score (nSPS) is 10.5. The van der Waals surface area contributed by atoms with Gasteiger partial charge in [-0.05, 0) is 12.1 Å². The molecule has 0 aliphatic heterocycles. The second-order valence-corrected chi connectivity index (χ2v) is 4.07.